The molecule has 0 aromatic heterocycles. The molecule has 1 aliphatic rings. The van der Waals surface area contributed by atoms with E-state index in [9.17, 15) is 14.0 Å². The van der Waals surface area contributed by atoms with E-state index in [1.54, 1.807) is 30.3 Å². The third kappa shape index (κ3) is 3.93. The van der Waals surface area contributed by atoms with Gasteiger partial charge < -0.3 is 20.7 Å². The summed E-state index contributed by atoms with van der Waals surface area (Å²) in [6.07, 6.45) is 0. The number of carbonyl (C=O) groups excluding carboxylic acids is 2. The van der Waals surface area contributed by atoms with Gasteiger partial charge in [-0.15, -0.1) is 0 Å². The van der Waals surface area contributed by atoms with Gasteiger partial charge in [0.1, 0.15) is 18.2 Å². The van der Waals surface area contributed by atoms with Gasteiger partial charge in [-0.25, -0.2) is 4.39 Å². The van der Waals surface area contributed by atoms with Gasteiger partial charge in [0.05, 0.1) is 24.8 Å². The molecule has 26 heavy (non-hydrogen) atoms. The number of fused-ring (bicyclic) bond motifs is 1. The van der Waals surface area contributed by atoms with Crippen LogP contribution in [-0.4, -0.2) is 31.5 Å². The van der Waals surface area contributed by atoms with E-state index in [1.807, 2.05) is 11.8 Å². The molecule has 2 aromatic rings. The molecule has 2 amide bonds. The van der Waals surface area contributed by atoms with Crippen molar-refractivity contribution >= 4 is 17.5 Å². The topological polar surface area (TPSA) is 84.7 Å². The van der Waals surface area contributed by atoms with E-state index in [4.69, 9.17) is 10.5 Å². The highest BCUT2D eigenvalue weighted by atomic mass is 19.1. The number of nitrogens with two attached hydrogens (primary N) is 1. The minimum absolute atomic E-state index is 0.151. The zero-order valence-electron chi connectivity index (χ0n) is 14.4. The standard InChI is InChI=1S/C19H20FN3O3/c1-12(13-2-5-15(20)6-3-13)22-18(24)11-23-8-9-26-17-10-14(19(21)25)4-7-16(17)23/h2-7,10,12H,8-9,11H2,1H3,(H2,21,25)(H,22,24)/t12-/m1/s1. The average Bonchev–Trinajstić information content (AvgIpc) is 2.61. The molecule has 0 unspecified atom stereocenters. The van der Waals surface area contributed by atoms with E-state index >= 15 is 0 Å². The zero-order valence-corrected chi connectivity index (χ0v) is 14.4. The average molecular weight is 357 g/mol. The van der Waals surface area contributed by atoms with E-state index in [1.165, 1.54) is 12.1 Å². The molecule has 0 saturated carbocycles. The highest BCUT2D eigenvalue weighted by Crippen LogP contribution is 2.32. The second-order valence-corrected chi connectivity index (χ2v) is 6.16. The monoisotopic (exact) mass is 357 g/mol. The highest BCUT2D eigenvalue weighted by molar-refractivity contribution is 5.94. The summed E-state index contributed by atoms with van der Waals surface area (Å²) < 4.78 is 18.6. The first kappa shape index (κ1) is 17.7. The lowest BCUT2D eigenvalue weighted by Gasteiger charge is -2.31. The van der Waals surface area contributed by atoms with Crippen LogP contribution in [0.15, 0.2) is 42.5 Å². The second kappa shape index (κ2) is 7.43. The zero-order chi connectivity index (χ0) is 18.7. The third-order valence-electron chi connectivity index (χ3n) is 4.29. The first-order chi connectivity index (χ1) is 12.4. The third-order valence-corrected chi connectivity index (χ3v) is 4.29. The predicted octanol–water partition coefficient (Wildman–Crippen LogP) is 2.00. The molecule has 1 heterocycles. The summed E-state index contributed by atoms with van der Waals surface area (Å²) in [6, 6.07) is 10.7. The van der Waals surface area contributed by atoms with E-state index < -0.39 is 5.91 Å². The van der Waals surface area contributed by atoms with Crippen molar-refractivity contribution in [1.82, 2.24) is 5.32 Å². The maximum absolute atomic E-state index is 13.0. The Morgan fingerprint density at radius 3 is 2.69 bits per heavy atom. The summed E-state index contributed by atoms with van der Waals surface area (Å²) in [6.45, 7) is 2.96. The summed E-state index contributed by atoms with van der Waals surface area (Å²) >= 11 is 0. The number of nitrogens with one attached hydrogen (secondary N) is 1. The quantitative estimate of drug-likeness (QED) is 0.857. The Morgan fingerprint density at radius 2 is 2.00 bits per heavy atom. The highest BCUT2D eigenvalue weighted by Gasteiger charge is 2.22. The molecule has 136 valence electrons. The van der Waals surface area contributed by atoms with Crippen LogP contribution in [-0.2, 0) is 4.79 Å². The fourth-order valence-corrected chi connectivity index (χ4v) is 2.89. The number of halogens is 1. The lowest BCUT2D eigenvalue weighted by molar-refractivity contribution is -0.120. The number of hydrogen-bond donors (Lipinski definition) is 2. The smallest absolute Gasteiger partial charge is 0.248 e. The first-order valence-electron chi connectivity index (χ1n) is 8.30. The lowest BCUT2D eigenvalue weighted by Crippen LogP contribution is -2.42. The van der Waals surface area contributed by atoms with E-state index in [-0.39, 0.29) is 24.3 Å². The Hall–Kier alpha value is -3.09. The van der Waals surface area contributed by atoms with E-state index in [0.29, 0.717) is 24.5 Å². The molecule has 2 aromatic carbocycles. The Morgan fingerprint density at radius 1 is 1.27 bits per heavy atom. The molecule has 7 heteroatoms. The van der Waals surface area contributed by atoms with Crippen LogP contribution in [0.4, 0.5) is 10.1 Å². The van der Waals surface area contributed by atoms with Crippen molar-refractivity contribution in [2.75, 3.05) is 24.6 Å². The number of nitrogens with zero attached hydrogens (tertiary/aromatic N) is 1. The summed E-state index contributed by atoms with van der Waals surface area (Å²) in [7, 11) is 0. The minimum atomic E-state index is -0.528. The normalized spacial score (nSPS) is 14.2. The molecule has 1 atom stereocenters. The fraction of sp³-hybridized carbons (Fsp3) is 0.263. The van der Waals surface area contributed by atoms with Crippen LogP contribution in [0.1, 0.15) is 28.9 Å². The van der Waals surface area contributed by atoms with E-state index in [2.05, 4.69) is 5.32 Å². The molecule has 6 nitrogen and oxygen atoms in total. The van der Waals surface area contributed by atoms with Crippen LogP contribution in [0.25, 0.3) is 0 Å². The number of rotatable bonds is 5. The summed E-state index contributed by atoms with van der Waals surface area (Å²) in [5.41, 5.74) is 7.22. The molecule has 0 spiro atoms. The maximum Gasteiger partial charge on any atom is 0.248 e. The molecular weight excluding hydrogens is 337 g/mol. The second-order valence-electron chi connectivity index (χ2n) is 6.16. The maximum atomic E-state index is 13.0. The molecule has 3 N–H and O–H groups in total. The molecule has 3 rings (SSSR count). The minimum Gasteiger partial charge on any atom is -0.490 e. The summed E-state index contributed by atoms with van der Waals surface area (Å²) in [5, 5.41) is 2.91. The van der Waals surface area contributed by atoms with Crippen LogP contribution in [0.5, 0.6) is 5.75 Å². The molecule has 0 saturated heterocycles. The van der Waals surface area contributed by atoms with Crippen LogP contribution < -0.4 is 20.7 Å². The van der Waals surface area contributed by atoms with Gasteiger partial charge in [-0.2, -0.15) is 0 Å². The van der Waals surface area contributed by atoms with Gasteiger partial charge in [-0.3, -0.25) is 9.59 Å². The first-order valence-corrected chi connectivity index (χ1v) is 8.30. The Balaban J connectivity index is 1.67. The summed E-state index contributed by atoms with van der Waals surface area (Å²) in [5.74, 6) is -0.465. The van der Waals surface area contributed by atoms with Crippen LogP contribution in [0.3, 0.4) is 0 Å². The van der Waals surface area contributed by atoms with Gasteiger partial charge in [0.2, 0.25) is 11.8 Å². The van der Waals surface area contributed by atoms with Crippen molar-refractivity contribution < 1.29 is 18.7 Å². The molecule has 0 bridgehead atoms. The lowest BCUT2D eigenvalue weighted by atomic mass is 10.1. The number of primary amides is 1. The van der Waals surface area contributed by atoms with Crippen molar-refractivity contribution in [3.63, 3.8) is 0 Å². The van der Waals surface area contributed by atoms with Crippen LogP contribution in [0, 0.1) is 5.82 Å². The Kier molecular flexibility index (Phi) is 5.06. The van der Waals surface area contributed by atoms with Crippen molar-refractivity contribution in [1.29, 1.82) is 0 Å². The predicted molar refractivity (Wildman–Crippen MR) is 95.6 cm³/mol. The number of amides is 2. The SMILES string of the molecule is C[C@@H](NC(=O)CN1CCOc2cc(C(N)=O)ccc21)c1ccc(F)cc1. The Labute approximate surface area is 150 Å². The number of ether oxygens (including phenoxy) is 1. The number of hydrogen-bond acceptors (Lipinski definition) is 4. The van der Waals surface area contributed by atoms with Gasteiger partial charge in [-0.05, 0) is 42.8 Å². The van der Waals surface area contributed by atoms with E-state index in [0.717, 1.165) is 11.3 Å². The van der Waals surface area contributed by atoms with Gasteiger partial charge in [0.15, 0.2) is 0 Å². The summed E-state index contributed by atoms with van der Waals surface area (Å²) in [4.78, 5) is 25.6. The van der Waals surface area contributed by atoms with Crippen molar-refractivity contribution in [2.24, 2.45) is 5.73 Å². The molecule has 0 aliphatic carbocycles. The molecule has 0 fully saturated rings. The number of carbonyl (C=O) groups is 2. The molecule has 0 radical (unpaired) electrons. The van der Waals surface area contributed by atoms with Gasteiger partial charge in [-0.1, -0.05) is 12.1 Å². The molecular formula is C19H20FN3O3. The van der Waals surface area contributed by atoms with Gasteiger partial charge in [0, 0.05) is 5.56 Å². The van der Waals surface area contributed by atoms with Crippen molar-refractivity contribution in [3.05, 3.63) is 59.4 Å². The number of anilines is 1. The number of benzene rings is 2. The van der Waals surface area contributed by atoms with Gasteiger partial charge in [0.25, 0.3) is 0 Å². The largest absolute Gasteiger partial charge is 0.490 e. The molecule has 1 aliphatic heterocycles. The van der Waals surface area contributed by atoms with Crippen molar-refractivity contribution in [3.8, 4) is 5.75 Å². The fourth-order valence-electron chi connectivity index (χ4n) is 2.89. The Bertz CT molecular complexity index is 823. The van der Waals surface area contributed by atoms with Gasteiger partial charge >= 0.3 is 0 Å². The van der Waals surface area contributed by atoms with Crippen LogP contribution >= 0.6 is 0 Å². The van der Waals surface area contributed by atoms with Crippen LogP contribution in [0.2, 0.25) is 0 Å². The van der Waals surface area contributed by atoms with Crippen molar-refractivity contribution in [2.45, 2.75) is 13.0 Å².